The van der Waals surface area contributed by atoms with E-state index in [4.69, 9.17) is 0 Å². The molecule has 2 bridgehead atoms. The molecule has 3 heterocycles. The van der Waals surface area contributed by atoms with E-state index in [0.717, 1.165) is 23.9 Å². The zero-order valence-electron chi connectivity index (χ0n) is 9.17. The minimum Gasteiger partial charge on any atom is -0.316 e. The maximum atomic E-state index is 3.53. The summed E-state index contributed by atoms with van der Waals surface area (Å²) in [4.78, 5) is 1.39. The Bertz CT molecular complexity index is 378. The molecule has 3 saturated heterocycles. The molecule has 3 heteroatoms. The molecule has 0 aromatic heterocycles. The van der Waals surface area contributed by atoms with Crippen LogP contribution in [0.15, 0.2) is 35.2 Å². The molecule has 0 aliphatic carbocycles. The third-order valence-corrected chi connectivity index (χ3v) is 5.62. The second-order valence-corrected chi connectivity index (χ2v) is 6.20. The summed E-state index contributed by atoms with van der Waals surface area (Å²) in [5.74, 6) is 1.86. The Morgan fingerprint density at radius 2 is 1.75 bits per heavy atom. The second-order valence-electron chi connectivity index (χ2n) is 5.12. The summed E-state index contributed by atoms with van der Waals surface area (Å²) in [7, 11) is 0. The predicted molar refractivity (Wildman–Crippen MR) is 66.2 cm³/mol. The van der Waals surface area contributed by atoms with E-state index < -0.39 is 0 Å². The standard InChI is InChI=1S/C13H16N2S/c1-2-4-9(5-3-1)16-15-12-6-13(15)11-8-14-7-10(11)12/h1-5,10-14H,6-8H2. The number of nitrogens with zero attached hydrogens (tertiary/aromatic N) is 1. The maximum Gasteiger partial charge on any atom is 0.0268 e. The van der Waals surface area contributed by atoms with Crippen molar-refractivity contribution >= 4 is 11.9 Å². The SMILES string of the molecule is c1ccc(SN2C3CC2C2CNCC23)cc1. The molecule has 4 atom stereocenters. The average Bonchev–Trinajstić information content (AvgIpc) is 2.92. The first-order valence-electron chi connectivity index (χ1n) is 6.15. The number of nitrogens with one attached hydrogen (secondary N) is 1. The van der Waals surface area contributed by atoms with Crippen LogP contribution >= 0.6 is 11.9 Å². The molecular formula is C13H16N2S. The van der Waals surface area contributed by atoms with Crippen LogP contribution < -0.4 is 5.32 Å². The predicted octanol–water partition coefficient (Wildman–Crippen LogP) is 1.99. The van der Waals surface area contributed by atoms with Crippen LogP contribution in [-0.2, 0) is 0 Å². The van der Waals surface area contributed by atoms with E-state index in [1.54, 1.807) is 0 Å². The van der Waals surface area contributed by atoms with E-state index in [0.29, 0.717) is 0 Å². The Hall–Kier alpha value is -0.510. The van der Waals surface area contributed by atoms with E-state index in [-0.39, 0.29) is 0 Å². The summed E-state index contributed by atoms with van der Waals surface area (Å²) >= 11 is 1.97. The molecule has 1 aromatic rings. The number of fused-ring (bicyclic) bond motifs is 5. The quantitative estimate of drug-likeness (QED) is 0.785. The summed E-state index contributed by atoms with van der Waals surface area (Å²) < 4.78 is 2.66. The molecule has 16 heavy (non-hydrogen) atoms. The van der Waals surface area contributed by atoms with Crippen LogP contribution in [0, 0.1) is 11.8 Å². The summed E-state index contributed by atoms with van der Waals surface area (Å²) in [6.45, 7) is 2.50. The Labute approximate surface area is 101 Å². The van der Waals surface area contributed by atoms with Gasteiger partial charge in [0, 0.05) is 17.0 Å². The maximum absolute atomic E-state index is 3.53. The monoisotopic (exact) mass is 232 g/mol. The van der Waals surface area contributed by atoms with Gasteiger partial charge in [-0.15, -0.1) is 0 Å². The van der Waals surface area contributed by atoms with Crippen LogP contribution in [0.1, 0.15) is 6.42 Å². The van der Waals surface area contributed by atoms with Crippen LogP contribution in [0.25, 0.3) is 0 Å². The zero-order valence-corrected chi connectivity index (χ0v) is 9.99. The second kappa shape index (κ2) is 3.49. The topological polar surface area (TPSA) is 15.3 Å². The van der Waals surface area contributed by atoms with Gasteiger partial charge in [0.25, 0.3) is 0 Å². The molecule has 0 spiro atoms. The van der Waals surface area contributed by atoms with E-state index in [9.17, 15) is 0 Å². The molecule has 1 aromatic carbocycles. The highest BCUT2D eigenvalue weighted by atomic mass is 32.2. The van der Waals surface area contributed by atoms with Crippen LogP contribution in [0.3, 0.4) is 0 Å². The van der Waals surface area contributed by atoms with Crippen molar-refractivity contribution in [3.8, 4) is 0 Å². The van der Waals surface area contributed by atoms with Crippen molar-refractivity contribution in [2.24, 2.45) is 11.8 Å². The van der Waals surface area contributed by atoms with Crippen LogP contribution in [0.4, 0.5) is 0 Å². The van der Waals surface area contributed by atoms with Crippen molar-refractivity contribution in [1.29, 1.82) is 0 Å². The highest BCUT2D eigenvalue weighted by Crippen LogP contribution is 2.54. The third kappa shape index (κ3) is 1.22. The molecule has 4 rings (SSSR count). The van der Waals surface area contributed by atoms with Gasteiger partial charge in [-0.25, -0.2) is 4.31 Å². The van der Waals surface area contributed by atoms with E-state index in [2.05, 4.69) is 40.0 Å². The Balaban J connectivity index is 1.52. The number of benzene rings is 1. The first kappa shape index (κ1) is 9.51. The Morgan fingerprint density at radius 1 is 1.06 bits per heavy atom. The largest absolute Gasteiger partial charge is 0.316 e. The average molecular weight is 232 g/mol. The first-order valence-corrected chi connectivity index (χ1v) is 6.93. The molecule has 3 aliphatic heterocycles. The Kier molecular flexibility index (Phi) is 2.07. The summed E-state index contributed by atoms with van der Waals surface area (Å²) in [6.07, 6.45) is 1.44. The lowest BCUT2D eigenvalue weighted by molar-refractivity contribution is 0.176. The van der Waals surface area contributed by atoms with E-state index in [1.807, 2.05) is 11.9 Å². The van der Waals surface area contributed by atoms with Crippen molar-refractivity contribution < 1.29 is 0 Å². The van der Waals surface area contributed by atoms with Crippen molar-refractivity contribution in [1.82, 2.24) is 9.62 Å². The van der Waals surface area contributed by atoms with Gasteiger partial charge in [-0.3, -0.25) is 0 Å². The molecule has 3 aliphatic rings. The summed E-state index contributed by atoms with van der Waals surface area (Å²) in [5.41, 5.74) is 0. The normalized spacial score (nSPS) is 40.8. The van der Waals surface area contributed by atoms with Crippen molar-refractivity contribution in [2.75, 3.05) is 13.1 Å². The minimum absolute atomic E-state index is 0.843. The molecule has 0 radical (unpaired) electrons. The molecule has 1 N–H and O–H groups in total. The summed E-state index contributed by atoms with van der Waals surface area (Å²) in [5, 5.41) is 3.53. The molecule has 2 nitrogen and oxygen atoms in total. The van der Waals surface area contributed by atoms with Gasteiger partial charge in [-0.1, -0.05) is 18.2 Å². The molecule has 84 valence electrons. The van der Waals surface area contributed by atoms with Gasteiger partial charge in [-0.05, 0) is 55.4 Å². The van der Waals surface area contributed by atoms with Gasteiger partial charge in [0.05, 0.1) is 0 Å². The fourth-order valence-electron chi connectivity index (χ4n) is 3.59. The molecular weight excluding hydrogens is 216 g/mol. The summed E-state index contributed by atoms with van der Waals surface area (Å²) in [6, 6.07) is 12.5. The van der Waals surface area contributed by atoms with Gasteiger partial charge in [0.15, 0.2) is 0 Å². The fourth-order valence-corrected chi connectivity index (χ4v) is 4.87. The number of hydrogen-bond acceptors (Lipinski definition) is 3. The van der Waals surface area contributed by atoms with E-state index >= 15 is 0 Å². The molecule has 3 fully saturated rings. The lowest BCUT2D eigenvalue weighted by atomic mass is 10.0. The van der Waals surface area contributed by atoms with Crippen molar-refractivity contribution in [2.45, 2.75) is 23.4 Å². The lowest BCUT2D eigenvalue weighted by Crippen LogP contribution is -2.48. The van der Waals surface area contributed by atoms with Gasteiger partial charge in [-0.2, -0.15) is 0 Å². The highest BCUT2D eigenvalue weighted by molar-refractivity contribution is 7.97. The number of rotatable bonds is 2. The lowest BCUT2D eigenvalue weighted by Gasteiger charge is -2.41. The molecule has 0 amide bonds. The van der Waals surface area contributed by atoms with Gasteiger partial charge < -0.3 is 5.32 Å². The van der Waals surface area contributed by atoms with Gasteiger partial charge in [0.1, 0.15) is 0 Å². The number of hydrogen-bond donors (Lipinski definition) is 1. The van der Waals surface area contributed by atoms with Crippen molar-refractivity contribution in [3.63, 3.8) is 0 Å². The van der Waals surface area contributed by atoms with Crippen LogP contribution in [0.5, 0.6) is 0 Å². The Morgan fingerprint density at radius 3 is 2.44 bits per heavy atom. The minimum atomic E-state index is 0.843. The fraction of sp³-hybridized carbons (Fsp3) is 0.538. The van der Waals surface area contributed by atoms with Crippen LogP contribution in [-0.4, -0.2) is 29.5 Å². The first-order chi connectivity index (χ1) is 7.93. The van der Waals surface area contributed by atoms with Crippen LogP contribution in [0.2, 0.25) is 0 Å². The van der Waals surface area contributed by atoms with E-state index in [1.165, 1.54) is 24.4 Å². The van der Waals surface area contributed by atoms with Gasteiger partial charge in [0.2, 0.25) is 0 Å². The van der Waals surface area contributed by atoms with Gasteiger partial charge >= 0.3 is 0 Å². The third-order valence-electron chi connectivity index (χ3n) is 4.39. The molecule has 4 unspecified atom stereocenters. The zero-order chi connectivity index (χ0) is 10.5. The molecule has 0 saturated carbocycles. The highest BCUT2D eigenvalue weighted by Gasteiger charge is 2.59. The van der Waals surface area contributed by atoms with Crippen molar-refractivity contribution in [3.05, 3.63) is 30.3 Å². The smallest absolute Gasteiger partial charge is 0.0268 e.